The summed E-state index contributed by atoms with van der Waals surface area (Å²) in [6, 6.07) is 5.70. The number of likely N-dealkylation sites (tertiary alicyclic amines) is 1. The highest BCUT2D eigenvalue weighted by atomic mass is 16.7. The van der Waals surface area contributed by atoms with Crippen molar-refractivity contribution >= 4 is 47.5 Å². The molecular weight excluding hydrogens is 1040 g/mol. The third-order valence-electron chi connectivity index (χ3n) is 15.6. The van der Waals surface area contributed by atoms with Crippen LogP contribution in [0.1, 0.15) is 141 Å². The van der Waals surface area contributed by atoms with E-state index in [9.17, 15) is 43.5 Å². The molecule has 1 saturated heterocycles. The van der Waals surface area contributed by atoms with Crippen LogP contribution in [0.15, 0.2) is 30.3 Å². The van der Waals surface area contributed by atoms with Gasteiger partial charge in [-0.05, 0) is 80.3 Å². The second-order valence-electron chi connectivity index (χ2n) is 24.1. The fourth-order valence-corrected chi connectivity index (χ4v) is 10.6. The van der Waals surface area contributed by atoms with E-state index >= 15 is 0 Å². The van der Waals surface area contributed by atoms with E-state index in [0.717, 1.165) is 18.4 Å². The molecule has 21 nitrogen and oxygen atoms in total. The van der Waals surface area contributed by atoms with Gasteiger partial charge in [0.15, 0.2) is 6.29 Å². The fraction of sp³-hybridized carbons (Fsp3) is 0.767. The molecule has 0 saturated carbocycles. The quantitative estimate of drug-likeness (QED) is 0.0295. The van der Waals surface area contributed by atoms with Gasteiger partial charge in [-0.15, -0.1) is 0 Å². The smallest absolute Gasteiger partial charge is 0.407 e. The van der Waals surface area contributed by atoms with Crippen LogP contribution >= 0.6 is 0 Å². The summed E-state index contributed by atoms with van der Waals surface area (Å²) in [5, 5.41) is 23.5. The Kier molecular flexibility index (Phi) is 31.5. The number of carbonyl (C=O) groups excluding carboxylic acids is 8. The number of aliphatic hydroxyl groups is 1. The highest BCUT2D eigenvalue weighted by Crippen LogP contribution is 2.32. The molecule has 0 spiro atoms. The zero-order chi connectivity index (χ0) is 61.3. The van der Waals surface area contributed by atoms with Crippen LogP contribution in [0.5, 0.6) is 0 Å². The molecule has 7 amide bonds. The van der Waals surface area contributed by atoms with Crippen LogP contribution in [-0.4, -0.2) is 184 Å². The van der Waals surface area contributed by atoms with E-state index in [1.165, 1.54) is 7.11 Å². The van der Waals surface area contributed by atoms with Gasteiger partial charge in [-0.3, -0.25) is 33.7 Å². The molecule has 0 bridgehead atoms. The Bertz CT molecular complexity index is 2110. The number of hydrogen-bond donors (Lipinski definition) is 6. The normalized spacial score (nSPS) is 17.8. The van der Waals surface area contributed by atoms with Gasteiger partial charge in [0.05, 0.1) is 25.4 Å². The van der Waals surface area contributed by atoms with Crippen LogP contribution < -0.4 is 26.6 Å². The number of esters is 1. The predicted molar refractivity (Wildman–Crippen MR) is 311 cm³/mol. The largest absolute Gasteiger partial charge is 0.464 e. The van der Waals surface area contributed by atoms with Crippen LogP contribution in [0.4, 0.5) is 4.79 Å². The lowest BCUT2D eigenvalue weighted by atomic mass is 9.84. The lowest BCUT2D eigenvalue weighted by molar-refractivity contribution is -0.181. The van der Waals surface area contributed by atoms with Crippen LogP contribution in [0, 0.1) is 40.9 Å². The first kappa shape index (κ1) is 71.7. The summed E-state index contributed by atoms with van der Waals surface area (Å²) in [6.45, 7) is 25.0. The molecule has 1 aliphatic rings. The SMILES string of the molecule is CCC(CO)OC(COC(=O)NCCC(=O)N[C@@H](C(=O)OCCCNC(=O)[C@@H](Cc1ccccc1)NC(=O)[C@@H](C)[C@H](C)[C@H]1CCCN1C(=O)C[C@H](C)[C@@H]([C@H](C)CC)N(C)C(=O)[C@H](NC(=O)[C@@H](C(C)C)N(C)C)C(C)C)C(C)(C)C)OC. The minimum Gasteiger partial charge on any atom is -0.464 e. The Morgan fingerprint density at radius 3 is 2.00 bits per heavy atom. The summed E-state index contributed by atoms with van der Waals surface area (Å²) in [6.07, 6.45) is 1.11. The minimum atomic E-state index is -1.03. The van der Waals surface area contributed by atoms with Gasteiger partial charge in [-0.1, -0.05) is 127 Å². The van der Waals surface area contributed by atoms with Crippen molar-refractivity contribution in [1.82, 2.24) is 41.3 Å². The lowest BCUT2D eigenvalue weighted by Crippen LogP contribution is -2.58. The Balaban J connectivity index is 2.07. The number of benzene rings is 1. The van der Waals surface area contributed by atoms with Gasteiger partial charge >= 0.3 is 12.1 Å². The Morgan fingerprint density at radius 1 is 0.790 bits per heavy atom. The second kappa shape index (κ2) is 35.6. The van der Waals surface area contributed by atoms with E-state index in [2.05, 4.69) is 40.4 Å². The summed E-state index contributed by atoms with van der Waals surface area (Å²) in [5.74, 6) is -3.51. The van der Waals surface area contributed by atoms with Crippen LogP contribution in [0.2, 0.25) is 0 Å². The fourth-order valence-electron chi connectivity index (χ4n) is 10.6. The molecule has 1 aromatic rings. The number of amides is 7. The molecule has 462 valence electrons. The number of alkyl carbamates (subject to hydrolysis) is 1. The molecule has 0 aromatic heterocycles. The summed E-state index contributed by atoms with van der Waals surface area (Å²) in [7, 11) is 6.87. The molecule has 6 N–H and O–H groups in total. The number of aliphatic hydroxyl groups excluding tert-OH is 1. The standard InChI is InChI=1S/C60H104N8O13/c1-18-39(7)52(67(16)57(75)50(37(3)4)65-56(74)51(38(5)6)66(14)15)40(8)33-48(71)68-31-23-27-46(68)41(9)42(10)54(72)63-45(34-43-25-21-20-22-26-43)55(73)61-29-24-32-79-58(76)53(60(11,12)13)64-47(70)28-30-62-59(77)80-36-49(78-17)81-44(19-2)35-69/h20-22,25-26,37-42,44-46,49-53,69H,18-19,23-24,27-36H2,1-17H3,(H,61,73)(H,62,77)(H,63,72)(H,64,70)(H,65,74)/t39-,40+,41+,42+,44?,45-,46-,49?,50-,51-,52-,53+/m1/s1. The molecule has 0 aliphatic carbocycles. The molecular formula is C60H104N8O13. The average molecular weight is 1150 g/mol. The number of nitrogens with one attached hydrogen (secondary N) is 5. The van der Waals surface area contributed by atoms with Crippen molar-refractivity contribution in [3.05, 3.63) is 35.9 Å². The molecule has 21 heteroatoms. The molecule has 2 unspecified atom stereocenters. The third kappa shape index (κ3) is 23.4. The summed E-state index contributed by atoms with van der Waals surface area (Å²) >= 11 is 0. The van der Waals surface area contributed by atoms with Gasteiger partial charge in [0.2, 0.25) is 35.4 Å². The van der Waals surface area contributed by atoms with E-state index < -0.39 is 71.8 Å². The summed E-state index contributed by atoms with van der Waals surface area (Å²) in [4.78, 5) is 114. The van der Waals surface area contributed by atoms with Crippen molar-refractivity contribution in [3.63, 3.8) is 0 Å². The number of rotatable bonds is 35. The molecule has 1 aliphatic heterocycles. The molecule has 0 radical (unpaired) electrons. The third-order valence-corrected chi connectivity index (χ3v) is 15.6. The Hall–Kier alpha value is -5.38. The number of methoxy groups -OCH3 is 1. The van der Waals surface area contributed by atoms with Crippen LogP contribution in [0.3, 0.4) is 0 Å². The number of carbonyl (C=O) groups is 8. The van der Waals surface area contributed by atoms with Gasteiger partial charge in [0, 0.05) is 71.1 Å². The topological polar surface area (TPSA) is 264 Å². The maximum absolute atomic E-state index is 14.4. The van der Waals surface area contributed by atoms with Gasteiger partial charge in [-0.25, -0.2) is 9.59 Å². The second-order valence-corrected chi connectivity index (χ2v) is 24.1. The van der Waals surface area contributed by atoms with E-state index in [1.54, 1.807) is 32.7 Å². The predicted octanol–water partition coefficient (Wildman–Crippen LogP) is 5.06. The van der Waals surface area contributed by atoms with Crippen molar-refractivity contribution in [2.24, 2.45) is 40.9 Å². The van der Waals surface area contributed by atoms with Gasteiger partial charge < -0.3 is 60.4 Å². The van der Waals surface area contributed by atoms with E-state index in [1.807, 2.05) is 110 Å². The molecule has 1 fully saturated rings. The first-order chi connectivity index (χ1) is 38.0. The van der Waals surface area contributed by atoms with Crippen LogP contribution in [-0.2, 0) is 58.9 Å². The summed E-state index contributed by atoms with van der Waals surface area (Å²) < 4.78 is 21.4. The van der Waals surface area contributed by atoms with Crippen molar-refractivity contribution in [2.75, 3.05) is 67.7 Å². The molecule has 1 aromatic carbocycles. The number of ether oxygens (including phenoxy) is 4. The van der Waals surface area contributed by atoms with E-state index in [4.69, 9.17) is 18.9 Å². The van der Waals surface area contributed by atoms with Gasteiger partial charge in [0.25, 0.3) is 0 Å². The zero-order valence-electron chi connectivity index (χ0n) is 52.1. The van der Waals surface area contributed by atoms with E-state index in [0.29, 0.717) is 19.4 Å². The number of likely N-dealkylation sites (N-methyl/N-ethyl adjacent to an activating group) is 2. The Morgan fingerprint density at radius 2 is 1.44 bits per heavy atom. The van der Waals surface area contributed by atoms with Crippen molar-refractivity contribution < 1.29 is 62.4 Å². The average Bonchev–Trinajstić information content (AvgIpc) is 3.92. The van der Waals surface area contributed by atoms with Crippen LogP contribution in [0.25, 0.3) is 0 Å². The molecule has 12 atom stereocenters. The monoisotopic (exact) mass is 1140 g/mol. The first-order valence-corrected chi connectivity index (χ1v) is 29.3. The zero-order valence-corrected chi connectivity index (χ0v) is 52.1. The number of hydrogen-bond acceptors (Lipinski definition) is 14. The van der Waals surface area contributed by atoms with E-state index in [-0.39, 0.29) is 124 Å². The maximum atomic E-state index is 14.4. The molecule has 1 heterocycles. The number of nitrogens with zero attached hydrogens (tertiary/aromatic N) is 3. The van der Waals surface area contributed by atoms with Crippen molar-refractivity contribution in [2.45, 2.75) is 190 Å². The van der Waals surface area contributed by atoms with Crippen molar-refractivity contribution in [3.8, 4) is 0 Å². The molecule has 2 rings (SSSR count). The Labute approximate surface area is 484 Å². The first-order valence-electron chi connectivity index (χ1n) is 29.3. The lowest BCUT2D eigenvalue weighted by Gasteiger charge is -2.40. The van der Waals surface area contributed by atoms with Gasteiger partial charge in [0.1, 0.15) is 24.7 Å². The van der Waals surface area contributed by atoms with Gasteiger partial charge in [-0.2, -0.15) is 0 Å². The highest BCUT2D eigenvalue weighted by Gasteiger charge is 2.41. The minimum absolute atomic E-state index is 0.0321. The highest BCUT2D eigenvalue weighted by molar-refractivity contribution is 5.91. The molecule has 81 heavy (non-hydrogen) atoms. The summed E-state index contributed by atoms with van der Waals surface area (Å²) in [5.41, 5.74) is 0.0958. The maximum Gasteiger partial charge on any atom is 0.407 e. The van der Waals surface area contributed by atoms with Crippen molar-refractivity contribution in [1.29, 1.82) is 0 Å².